The number of nitrogens with one attached hydrogen (secondary N) is 1. The van der Waals surface area contributed by atoms with Gasteiger partial charge in [0.1, 0.15) is 10.3 Å². The lowest BCUT2D eigenvalue weighted by molar-refractivity contribution is -0.148. The van der Waals surface area contributed by atoms with E-state index >= 15 is 0 Å². The van der Waals surface area contributed by atoms with Gasteiger partial charge in [0, 0.05) is 0 Å². The number of carboxylic acids is 1. The molecule has 0 saturated carbocycles. The van der Waals surface area contributed by atoms with Gasteiger partial charge in [0.15, 0.2) is 0 Å². The van der Waals surface area contributed by atoms with Crippen molar-refractivity contribution in [1.29, 1.82) is 0 Å². The third-order valence-corrected chi connectivity index (χ3v) is 4.01. The van der Waals surface area contributed by atoms with E-state index < -0.39 is 17.4 Å². The Labute approximate surface area is 108 Å². The molecule has 0 radical (unpaired) electrons. The van der Waals surface area contributed by atoms with Crippen molar-refractivity contribution < 1.29 is 19.4 Å². The highest BCUT2D eigenvalue weighted by Crippen LogP contribution is 2.29. The molecule has 1 aromatic rings. The molecule has 0 spiro atoms. The number of thiazole rings is 1. The van der Waals surface area contributed by atoms with Crippen LogP contribution in [0.1, 0.15) is 21.6 Å². The lowest BCUT2D eigenvalue weighted by Crippen LogP contribution is -2.49. The van der Waals surface area contributed by atoms with Gasteiger partial charge in [-0.25, -0.2) is 4.98 Å². The molecule has 1 fully saturated rings. The van der Waals surface area contributed by atoms with Crippen molar-refractivity contribution in [2.24, 2.45) is 5.41 Å². The van der Waals surface area contributed by atoms with E-state index in [1.165, 1.54) is 17.5 Å². The Hall–Kier alpha value is -1.47. The minimum Gasteiger partial charge on any atom is -0.481 e. The molecule has 1 aliphatic rings. The molecule has 2 atom stereocenters. The lowest BCUT2D eigenvalue weighted by atomic mass is 9.85. The van der Waals surface area contributed by atoms with Crippen LogP contribution in [0.25, 0.3) is 0 Å². The van der Waals surface area contributed by atoms with Crippen LogP contribution < -0.4 is 5.32 Å². The van der Waals surface area contributed by atoms with Crippen molar-refractivity contribution in [3.63, 3.8) is 0 Å². The predicted molar refractivity (Wildman–Crippen MR) is 64.7 cm³/mol. The van der Waals surface area contributed by atoms with E-state index in [1.54, 1.807) is 6.92 Å². The molecule has 1 saturated heterocycles. The van der Waals surface area contributed by atoms with Crippen molar-refractivity contribution in [2.45, 2.75) is 19.9 Å². The first-order chi connectivity index (χ1) is 8.43. The van der Waals surface area contributed by atoms with E-state index in [4.69, 9.17) is 4.74 Å². The predicted octanol–water partition coefficient (Wildman–Crippen LogP) is 0.671. The normalized spacial score (nSPS) is 27.1. The quantitative estimate of drug-likeness (QED) is 0.842. The molecule has 98 valence electrons. The number of carbonyl (C=O) groups is 2. The molecule has 0 aromatic carbocycles. The number of aryl methyl sites for hydroxylation is 1. The third kappa shape index (κ3) is 2.23. The van der Waals surface area contributed by atoms with Gasteiger partial charge in [-0.2, -0.15) is 0 Å². The maximum atomic E-state index is 11.9. The number of hydrogen-bond donors (Lipinski definition) is 2. The van der Waals surface area contributed by atoms with Crippen LogP contribution in [0.4, 0.5) is 0 Å². The van der Waals surface area contributed by atoms with Crippen molar-refractivity contribution in [3.05, 3.63) is 16.1 Å². The number of amides is 1. The molecule has 18 heavy (non-hydrogen) atoms. The summed E-state index contributed by atoms with van der Waals surface area (Å²) in [7, 11) is 0. The number of rotatable bonds is 3. The first kappa shape index (κ1) is 13.0. The van der Waals surface area contributed by atoms with E-state index in [0.717, 1.165) is 5.01 Å². The van der Waals surface area contributed by atoms with Gasteiger partial charge < -0.3 is 15.2 Å². The average Bonchev–Trinajstić information content (AvgIpc) is 2.87. The largest absolute Gasteiger partial charge is 0.481 e. The second-order valence-corrected chi connectivity index (χ2v) is 5.74. The fourth-order valence-corrected chi connectivity index (χ4v) is 2.46. The summed E-state index contributed by atoms with van der Waals surface area (Å²) < 4.78 is 5.17. The van der Waals surface area contributed by atoms with Crippen molar-refractivity contribution in [3.8, 4) is 0 Å². The Kier molecular flexibility index (Phi) is 3.36. The average molecular weight is 270 g/mol. The Morgan fingerprint density at radius 2 is 2.39 bits per heavy atom. The second kappa shape index (κ2) is 4.66. The standard InChI is InChI=1S/C11H14N2O4S/c1-6-12-3-7(18-6)9(14)13-8-4-17-5-11(8,2)10(15)16/h3,8H,4-5H2,1-2H3,(H,13,14)(H,15,16). The fraction of sp³-hybridized carbons (Fsp3) is 0.545. The van der Waals surface area contributed by atoms with E-state index in [2.05, 4.69) is 10.3 Å². The van der Waals surface area contributed by atoms with Crippen LogP contribution >= 0.6 is 11.3 Å². The van der Waals surface area contributed by atoms with Gasteiger partial charge in [0.05, 0.1) is 30.5 Å². The Bertz CT molecular complexity index is 487. The first-order valence-electron chi connectivity index (χ1n) is 5.48. The monoisotopic (exact) mass is 270 g/mol. The number of carboxylic acid groups (broad SMARTS) is 1. The van der Waals surface area contributed by atoms with E-state index in [9.17, 15) is 14.7 Å². The molecule has 1 aliphatic heterocycles. The van der Waals surface area contributed by atoms with Gasteiger partial charge in [-0.1, -0.05) is 0 Å². The lowest BCUT2D eigenvalue weighted by Gasteiger charge is -2.25. The summed E-state index contributed by atoms with van der Waals surface area (Å²) in [4.78, 5) is 27.6. The van der Waals surface area contributed by atoms with Crippen LogP contribution in [0.5, 0.6) is 0 Å². The minimum absolute atomic E-state index is 0.106. The van der Waals surface area contributed by atoms with Crippen LogP contribution in [0, 0.1) is 12.3 Å². The molecule has 2 rings (SSSR count). The second-order valence-electron chi connectivity index (χ2n) is 4.51. The van der Waals surface area contributed by atoms with Crippen molar-refractivity contribution in [2.75, 3.05) is 13.2 Å². The highest BCUT2D eigenvalue weighted by molar-refractivity contribution is 7.13. The molecule has 2 N–H and O–H groups in total. The highest BCUT2D eigenvalue weighted by atomic mass is 32.1. The molecular formula is C11H14N2O4S. The number of ether oxygens (including phenoxy) is 1. The van der Waals surface area contributed by atoms with Crippen LogP contribution in [-0.4, -0.2) is 41.2 Å². The zero-order chi connectivity index (χ0) is 13.3. The van der Waals surface area contributed by atoms with Crippen molar-refractivity contribution in [1.82, 2.24) is 10.3 Å². The van der Waals surface area contributed by atoms with Gasteiger partial charge in [-0.05, 0) is 13.8 Å². The zero-order valence-electron chi connectivity index (χ0n) is 10.1. The molecule has 2 heterocycles. The number of aromatic nitrogens is 1. The van der Waals surface area contributed by atoms with Crippen LogP contribution in [0.15, 0.2) is 6.20 Å². The summed E-state index contributed by atoms with van der Waals surface area (Å²) in [5.41, 5.74) is -1.07. The van der Waals surface area contributed by atoms with Gasteiger partial charge >= 0.3 is 5.97 Å². The van der Waals surface area contributed by atoms with Crippen LogP contribution in [-0.2, 0) is 9.53 Å². The molecule has 0 bridgehead atoms. The summed E-state index contributed by atoms with van der Waals surface area (Å²) in [6.45, 7) is 3.70. The Morgan fingerprint density at radius 3 is 2.94 bits per heavy atom. The van der Waals surface area contributed by atoms with E-state index in [0.29, 0.717) is 4.88 Å². The molecule has 1 aromatic heterocycles. The summed E-state index contributed by atoms with van der Waals surface area (Å²) >= 11 is 1.28. The zero-order valence-corrected chi connectivity index (χ0v) is 10.9. The molecule has 0 aliphatic carbocycles. The van der Waals surface area contributed by atoms with E-state index in [-0.39, 0.29) is 19.1 Å². The maximum Gasteiger partial charge on any atom is 0.313 e. The Morgan fingerprint density at radius 1 is 1.67 bits per heavy atom. The third-order valence-electron chi connectivity index (χ3n) is 3.09. The van der Waals surface area contributed by atoms with Crippen molar-refractivity contribution >= 4 is 23.2 Å². The van der Waals surface area contributed by atoms with Gasteiger partial charge in [0.2, 0.25) is 0 Å². The number of hydrogen-bond acceptors (Lipinski definition) is 5. The fourth-order valence-electron chi connectivity index (χ4n) is 1.78. The summed E-state index contributed by atoms with van der Waals surface area (Å²) in [5.74, 6) is -1.27. The molecular weight excluding hydrogens is 256 g/mol. The molecule has 6 nitrogen and oxygen atoms in total. The summed E-state index contributed by atoms with van der Waals surface area (Å²) in [6, 6.07) is -0.523. The minimum atomic E-state index is -1.07. The topological polar surface area (TPSA) is 88.5 Å². The number of aliphatic carboxylic acids is 1. The first-order valence-corrected chi connectivity index (χ1v) is 6.29. The van der Waals surface area contributed by atoms with Gasteiger partial charge in [-0.3, -0.25) is 9.59 Å². The smallest absolute Gasteiger partial charge is 0.313 e. The molecule has 1 amide bonds. The maximum absolute atomic E-state index is 11.9. The molecule has 7 heteroatoms. The van der Waals surface area contributed by atoms with Crippen LogP contribution in [0.3, 0.4) is 0 Å². The van der Waals surface area contributed by atoms with Gasteiger partial charge in [0.25, 0.3) is 5.91 Å². The molecule has 2 unspecified atom stereocenters. The van der Waals surface area contributed by atoms with E-state index in [1.807, 2.05) is 6.92 Å². The van der Waals surface area contributed by atoms with Gasteiger partial charge in [-0.15, -0.1) is 11.3 Å². The Balaban J connectivity index is 2.10. The van der Waals surface area contributed by atoms with Crippen LogP contribution in [0.2, 0.25) is 0 Å². The SMILES string of the molecule is Cc1ncc(C(=O)NC2COCC2(C)C(=O)O)s1. The number of carbonyl (C=O) groups excluding carboxylic acids is 1. The summed E-state index contributed by atoms with van der Waals surface area (Å²) in [6.07, 6.45) is 1.49. The number of nitrogens with zero attached hydrogens (tertiary/aromatic N) is 1. The summed E-state index contributed by atoms with van der Waals surface area (Å²) in [5, 5.41) is 12.7. The highest BCUT2D eigenvalue weighted by Gasteiger charge is 2.47.